The zero-order chi connectivity index (χ0) is 24.5. The van der Waals surface area contributed by atoms with Gasteiger partial charge in [-0.25, -0.2) is 22.6 Å². The first-order valence-corrected chi connectivity index (χ1v) is 12.6. The van der Waals surface area contributed by atoms with Crippen molar-refractivity contribution in [1.29, 1.82) is 0 Å². The number of benzene rings is 2. The van der Waals surface area contributed by atoms with Crippen LogP contribution in [-0.2, 0) is 30.9 Å². The Morgan fingerprint density at radius 2 is 1.86 bits per heavy atom. The predicted octanol–water partition coefficient (Wildman–Crippen LogP) is 4.02. The summed E-state index contributed by atoms with van der Waals surface area (Å²) in [5.41, 5.74) is 1.46. The van der Waals surface area contributed by atoms with Crippen molar-refractivity contribution in [2.75, 3.05) is 25.7 Å². The van der Waals surface area contributed by atoms with E-state index in [9.17, 15) is 17.6 Å². The number of hydrogen-bond donors (Lipinski definition) is 1. The van der Waals surface area contributed by atoms with Gasteiger partial charge in [-0.2, -0.15) is 0 Å². The number of imidazole rings is 1. The molecule has 0 saturated heterocycles. The van der Waals surface area contributed by atoms with Crippen LogP contribution in [0.4, 0.5) is 4.39 Å². The van der Waals surface area contributed by atoms with E-state index in [-0.39, 0.29) is 39.9 Å². The van der Waals surface area contributed by atoms with Gasteiger partial charge in [0.15, 0.2) is 17.1 Å². The summed E-state index contributed by atoms with van der Waals surface area (Å²) in [4.78, 5) is 20.2. The van der Waals surface area contributed by atoms with Gasteiger partial charge in [0.05, 0.1) is 31.0 Å². The quantitative estimate of drug-likeness (QED) is 0.282. The number of hydrogen-bond acceptors (Lipinski definition) is 6. The minimum atomic E-state index is -3.50. The van der Waals surface area contributed by atoms with Crippen LogP contribution in [0.25, 0.3) is 22.3 Å². The Labute approximate surface area is 223 Å². The van der Waals surface area contributed by atoms with Gasteiger partial charge in [-0.1, -0.05) is 24.3 Å². The number of halogens is 1. The van der Waals surface area contributed by atoms with Gasteiger partial charge in [0.25, 0.3) is 0 Å². The molecule has 4 aromatic rings. The molecule has 0 aliphatic heterocycles. The molecule has 0 saturated carbocycles. The van der Waals surface area contributed by atoms with Gasteiger partial charge in [0.2, 0.25) is 0 Å². The van der Waals surface area contributed by atoms with Gasteiger partial charge in [-0.05, 0) is 36.8 Å². The summed E-state index contributed by atoms with van der Waals surface area (Å²) < 4.78 is 51.2. The van der Waals surface area contributed by atoms with E-state index in [0.717, 1.165) is 6.26 Å². The summed E-state index contributed by atoms with van der Waals surface area (Å²) in [6.07, 6.45) is 2.57. The van der Waals surface area contributed by atoms with E-state index in [0.29, 0.717) is 40.3 Å². The van der Waals surface area contributed by atoms with Gasteiger partial charge in [0.1, 0.15) is 15.7 Å². The van der Waals surface area contributed by atoms with Crippen molar-refractivity contribution < 1.29 is 43.3 Å². The SMILES string of the molecule is CCOc1cc([C@@H](CS(C)(=O)=O)n2c(=O)[nH]c3cc(-c4ccccc4F)cnc32)ccc1OC.[CH3-].[W]. The first-order chi connectivity index (χ1) is 16.2. The van der Waals surface area contributed by atoms with Crippen LogP contribution in [0.15, 0.2) is 59.5 Å². The van der Waals surface area contributed by atoms with Crippen molar-refractivity contribution in [2.45, 2.75) is 13.0 Å². The number of pyridine rings is 1. The van der Waals surface area contributed by atoms with Crippen molar-refractivity contribution in [3.05, 3.63) is 84.0 Å². The molecule has 2 aromatic carbocycles. The smallest absolute Gasteiger partial charge is 0.328 e. The average molecular weight is 684 g/mol. The van der Waals surface area contributed by atoms with E-state index in [1.807, 2.05) is 6.92 Å². The molecule has 0 fully saturated rings. The Morgan fingerprint density at radius 3 is 2.50 bits per heavy atom. The second-order valence-electron chi connectivity index (χ2n) is 7.83. The van der Waals surface area contributed by atoms with Gasteiger partial charge in [-0.15, -0.1) is 0 Å². The molecule has 2 heterocycles. The van der Waals surface area contributed by atoms with E-state index in [1.165, 1.54) is 23.9 Å². The minimum absolute atomic E-state index is 0. The number of fused-ring (bicyclic) bond motifs is 1. The van der Waals surface area contributed by atoms with E-state index < -0.39 is 27.4 Å². The molecule has 192 valence electrons. The zero-order valence-corrected chi connectivity index (χ0v) is 24.1. The average Bonchev–Trinajstić information content (AvgIpc) is 3.12. The summed E-state index contributed by atoms with van der Waals surface area (Å²) in [5.74, 6) is 0.169. The van der Waals surface area contributed by atoms with Crippen LogP contribution in [0, 0.1) is 13.2 Å². The zero-order valence-electron chi connectivity index (χ0n) is 20.3. The molecule has 0 aliphatic rings. The summed E-state index contributed by atoms with van der Waals surface area (Å²) >= 11 is 0. The van der Waals surface area contributed by atoms with E-state index in [2.05, 4.69) is 9.97 Å². The van der Waals surface area contributed by atoms with Crippen LogP contribution in [0.1, 0.15) is 18.5 Å². The molecule has 0 radical (unpaired) electrons. The van der Waals surface area contributed by atoms with Gasteiger partial charge in [-0.3, -0.25) is 4.57 Å². The van der Waals surface area contributed by atoms with Crippen molar-refractivity contribution in [2.24, 2.45) is 0 Å². The summed E-state index contributed by atoms with van der Waals surface area (Å²) in [6, 6.07) is 12.0. The molecule has 0 bridgehead atoms. The fourth-order valence-corrected chi connectivity index (χ4v) is 4.84. The van der Waals surface area contributed by atoms with Crippen molar-refractivity contribution >= 4 is 21.0 Å². The second-order valence-corrected chi connectivity index (χ2v) is 10.0. The Balaban J connectivity index is 0.00000228. The molecular weight excluding hydrogens is 657 g/mol. The van der Waals surface area contributed by atoms with Crippen molar-refractivity contribution in [3.63, 3.8) is 0 Å². The van der Waals surface area contributed by atoms with Gasteiger partial charge in [0, 0.05) is 44.6 Å². The standard InChI is InChI=1S/C24H24FN3O5S.CH3.W/c1-4-33-22-12-15(9-10-21(22)32-2)20(14-34(3,30)31)28-23-19(27-24(28)29)11-16(13-26-23)17-7-5-6-8-18(17)25;;/h5-13,20H,4,14H2,1-3H3,(H,27,29);1H3;/q;-1;/t20-;;/m1../s1. The Kier molecular flexibility index (Phi) is 9.62. The van der Waals surface area contributed by atoms with Crippen molar-refractivity contribution in [3.8, 4) is 22.6 Å². The van der Waals surface area contributed by atoms with Crippen LogP contribution >= 0.6 is 0 Å². The van der Waals surface area contributed by atoms with Gasteiger partial charge < -0.3 is 21.9 Å². The second kappa shape index (κ2) is 11.8. The van der Waals surface area contributed by atoms with Crippen molar-refractivity contribution in [1.82, 2.24) is 14.5 Å². The topological polar surface area (TPSA) is 103 Å². The summed E-state index contributed by atoms with van der Waals surface area (Å²) in [6.45, 7) is 2.20. The maximum absolute atomic E-state index is 14.3. The summed E-state index contributed by atoms with van der Waals surface area (Å²) in [7, 11) is -2.00. The van der Waals surface area contributed by atoms with E-state index in [1.54, 1.807) is 42.5 Å². The molecule has 4 rings (SSSR count). The van der Waals surface area contributed by atoms with Crippen LogP contribution in [0.3, 0.4) is 0 Å². The molecule has 0 aliphatic carbocycles. The number of ether oxygens (including phenoxy) is 2. The molecular formula is C25H27FN3O5SW-. The Hall–Kier alpha value is -2.97. The monoisotopic (exact) mass is 684 g/mol. The number of H-pyrrole nitrogens is 1. The van der Waals surface area contributed by atoms with E-state index in [4.69, 9.17) is 9.47 Å². The molecule has 1 atom stereocenters. The number of aromatic amines is 1. The fraction of sp³-hybridized carbons (Fsp3) is 0.240. The van der Waals surface area contributed by atoms with Crippen LogP contribution < -0.4 is 15.2 Å². The third-order valence-electron chi connectivity index (χ3n) is 5.38. The number of nitrogens with zero attached hydrogens (tertiary/aromatic N) is 2. The molecule has 0 spiro atoms. The fourth-order valence-electron chi connectivity index (χ4n) is 3.92. The van der Waals surface area contributed by atoms with Crippen LogP contribution in [0.5, 0.6) is 11.5 Å². The number of aromatic nitrogens is 3. The maximum Gasteiger partial charge on any atom is 0.328 e. The minimum Gasteiger partial charge on any atom is -0.493 e. The van der Waals surface area contributed by atoms with Crippen LogP contribution in [0.2, 0.25) is 0 Å². The molecule has 11 heteroatoms. The molecule has 8 nitrogen and oxygen atoms in total. The van der Waals surface area contributed by atoms with Gasteiger partial charge >= 0.3 is 5.69 Å². The molecule has 0 amide bonds. The van der Waals surface area contributed by atoms with Crippen LogP contribution in [-0.4, -0.2) is 48.7 Å². The molecule has 2 aromatic heterocycles. The predicted molar refractivity (Wildman–Crippen MR) is 134 cm³/mol. The number of nitrogens with one attached hydrogen (secondary N) is 1. The number of methoxy groups -OCH3 is 1. The third kappa shape index (κ3) is 6.05. The molecule has 36 heavy (non-hydrogen) atoms. The molecule has 1 N–H and O–H groups in total. The third-order valence-corrected chi connectivity index (χ3v) is 6.31. The Bertz CT molecular complexity index is 1520. The Morgan fingerprint density at radius 1 is 1.14 bits per heavy atom. The summed E-state index contributed by atoms with van der Waals surface area (Å²) in [5, 5.41) is 0. The van der Waals surface area contributed by atoms with E-state index >= 15 is 0 Å². The largest absolute Gasteiger partial charge is 0.493 e. The number of rotatable bonds is 8. The first-order valence-electron chi connectivity index (χ1n) is 10.6. The number of sulfone groups is 1. The first kappa shape index (κ1) is 29.3. The molecule has 0 unspecified atom stereocenters. The normalized spacial score (nSPS) is 11.9. The maximum atomic E-state index is 14.3.